The molecule has 0 amide bonds. The highest BCUT2D eigenvalue weighted by atomic mass is 16.5. The Morgan fingerprint density at radius 1 is 1.38 bits per heavy atom. The van der Waals surface area contributed by atoms with Gasteiger partial charge in [-0.15, -0.1) is 0 Å². The Hall–Kier alpha value is -1.16. The number of ether oxygens (including phenoxy) is 1. The summed E-state index contributed by atoms with van der Waals surface area (Å²) in [6.45, 7) is 4.36. The van der Waals surface area contributed by atoms with E-state index >= 15 is 0 Å². The van der Waals surface area contributed by atoms with E-state index in [2.05, 4.69) is 23.8 Å². The van der Waals surface area contributed by atoms with Crippen molar-refractivity contribution < 1.29 is 9.84 Å². The summed E-state index contributed by atoms with van der Waals surface area (Å²) >= 11 is 0. The number of hydrogen-bond donors (Lipinski definition) is 1. The van der Waals surface area contributed by atoms with E-state index in [1.807, 2.05) is 0 Å². The van der Waals surface area contributed by atoms with Gasteiger partial charge in [0.25, 0.3) is 0 Å². The first-order valence-electron chi connectivity index (χ1n) is 5.64. The zero-order valence-corrected chi connectivity index (χ0v) is 9.97. The minimum Gasteiger partial charge on any atom is -0.480 e. The highest BCUT2D eigenvalue weighted by Crippen LogP contribution is 2.49. The summed E-state index contributed by atoms with van der Waals surface area (Å²) in [4.78, 5) is 8.27. The molecule has 4 heteroatoms. The van der Waals surface area contributed by atoms with E-state index in [0.29, 0.717) is 23.4 Å². The van der Waals surface area contributed by atoms with Crippen molar-refractivity contribution in [2.75, 3.05) is 7.11 Å². The van der Waals surface area contributed by atoms with Gasteiger partial charge in [-0.25, -0.2) is 4.98 Å². The van der Waals surface area contributed by atoms with Crippen molar-refractivity contribution >= 4 is 0 Å². The second kappa shape index (κ2) is 4.01. The fraction of sp³-hybridized carbons (Fsp3) is 0.667. The lowest BCUT2D eigenvalue weighted by Gasteiger charge is -2.45. The zero-order chi connectivity index (χ0) is 11.8. The van der Waals surface area contributed by atoms with Gasteiger partial charge in [0.2, 0.25) is 5.88 Å². The summed E-state index contributed by atoms with van der Waals surface area (Å²) < 4.78 is 5.13. The van der Waals surface area contributed by atoms with Gasteiger partial charge >= 0.3 is 0 Å². The molecule has 1 heterocycles. The third-order valence-electron chi connectivity index (χ3n) is 3.44. The first-order valence-corrected chi connectivity index (χ1v) is 5.64. The van der Waals surface area contributed by atoms with Gasteiger partial charge in [0, 0.05) is 12.4 Å². The molecular weight excluding hydrogens is 204 g/mol. The summed E-state index contributed by atoms with van der Waals surface area (Å²) in [6, 6.07) is 0. The highest BCUT2D eigenvalue weighted by molar-refractivity contribution is 5.27. The van der Waals surface area contributed by atoms with Gasteiger partial charge in [-0.2, -0.15) is 0 Å². The molecule has 16 heavy (non-hydrogen) atoms. The van der Waals surface area contributed by atoms with Gasteiger partial charge in [0.1, 0.15) is 11.3 Å². The van der Waals surface area contributed by atoms with Gasteiger partial charge in [0.15, 0.2) is 0 Å². The van der Waals surface area contributed by atoms with E-state index in [4.69, 9.17) is 4.74 Å². The van der Waals surface area contributed by atoms with E-state index in [9.17, 15) is 5.11 Å². The molecule has 0 radical (unpaired) electrons. The van der Waals surface area contributed by atoms with Gasteiger partial charge in [-0.05, 0) is 24.7 Å². The Bertz CT molecular complexity index is 373. The Labute approximate surface area is 95.7 Å². The van der Waals surface area contributed by atoms with Crippen LogP contribution in [0.4, 0.5) is 0 Å². The third kappa shape index (κ3) is 1.78. The molecule has 0 unspecified atom stereocenters. The average molecular weight is 222 g/mol. The molecule has 2 rings (SSSR count). The number of aliphatic hydroxyl groups is 1. The Morgan fingerprint density at radius 2 is 2.00 bits per heavy atom. The molecule has 1 N–H and O–H groups in total. The smallest absolute Gasteiger partial charge is 0.238 e. The molecule has 0 atom stereocenters. The van der Waals surface area contributed by atoms with E-state index in [1.165, 1.54) is 0 Å². The number of methoxy groups -OCH3 is 1. The van der Waals surface area contributed by atoms with E-state index in [1.54, 1.807) is 19.5 Å². The fourth-order valence-electron chi connectivity index (χ4n) is 2.27. The van der Waals surface area contributed by atoms with Crippen molar-refractivity contribution in [2.24, 2.45) is 11.8 Å². The van der Waals surface area contributed by atoms with E-state index in [-0.39, 0.29) is 0 Å². The first kappa shape index (κ1) is 11.3. The molecule has 1 aliphatic rings. The zero-order valence-electron chi connectivity index (χ0n) is 9.97. The molecule has 0 saturated heterocycles. The summed E-state index contributed by atoms with van der Waals surface area (Å²) in [5, 5.41) is 10.4. The predicted octanol–water partition coefficient (Wildman–Crippen LogP) is 1.74. The Balaban J connectivity index is 2.19. The van der Waals surface area contributed by atoms with Crippen molar-refractivity contribution in [3.63, 3.8) is 0 Å². The van der Waals surface area contributed by atoms with Crippen molar-refractivity contribution in [3.8, 4) is 5.88 Å². The number of nitrogens with zero attached hydrogens (tertiary/aromatic N) is 2. The van der Waals surface area contributed by atoms with Gasteiger partial charge in [-0.1, -0.05) is 13.8 Å². The minimum absolute atomic E-state index is 0.437. The fourth-order valence-corrected chi connectivity index (χ4v) is 2.27. The molecule has 0 aromatic carbocycles. The van der Waals surface area contributed by atoms with Crippen molar-refractivity contribution in [1.29, 1.82) is 0 Å². The van der Waals surface area contributed by atoms with Crippen molar-refractivity contribution in [2.45, 2.75) is 32.3 Å². The van der Waals surface area contributed by atoms with Crippen LogP contribution < -0.4 is 4.74 Å². The van der Waals surface area contributed by atoms with Crippen molar-refractivity contribution in [1.82, 2.24) is 9.97 Å². The third-order valence-corrected chi connectivity index (χ3v) is 3.44. The summed E-state index contributed by atoms with van der Waals surface area (Å²) in [6.07, 6.45) is 4.67. The van der Waals surface area contributed by atoms with Crippen LogP contribution in [-0.2, 0) is 5.60 Å². The molecule has 1 aromatic rings. The van der Waals surface area contributed by atoms with Gasteiger partial charge in [-0.3, -0.25) is 4.98 Å². The lowest BCUT2D eigenvalue weighted by molar-refractivity contribution is -0.0981. The van der Waals surface area contributed by atoms with Crippen LogP contribution in [0.15, 0.2) is 12.4 Å². The molecular formula is C12H18N2O2. The number of rotatable bonds is 3. The molecule has 1 fully saturated rings. The lowest BCUT2D eigenvalue weighted by atomic mass is 9.65. The average Bonchev–Trinajstić information content (AvgIpc) is 2.24. The monoisotopic (exact) mass is 222 g/mol. The molecule has 88 valence electrons. The predicted molar refractivity (Wildman–Crippen MR) is 60.0 cm³/mol. The highest BCUT2D eigenvalue weighted by Gasteiger charge is 2.48. The maximum Gasteiger partial charge on any atom is 0.238 e. The van der Waals surface area contributed by atoms with Gasteiger partial charge in [0.05, 0.1) is 7.11 Å². The van der Waals surface area contributed by atoms with Crippen LogP contribution in [0, 0.1) is 11.8 Å². The molecule has 0 aliphatic heterocycles. The SMILES string of the molecule is COc1nccnc1C1(O)CC(C(C)C)C1. The molecule has 1 aliphatic carbocycles. The maximum atomic E-state index is 10.4. The molecule has 1 aromatic heterocycles. The van der Waals surface area contributed by atoms with Gasteiger partial charge < -0.3 is 9.84 Å². The number of hydrogen-bond acceptors (Lipinski definition) is 4. The molecule has 1 saturated carbocycles. The van der Waals surface area contributed by atoms with Crippen LogP contribution in [-0.4, -0.2) is 22.2 Å². The van der Waals surface area contributed by atoms with Crippen LogP contribution >= 0.6 is 0 Å². The lowest BCUT2D eigenvalue weighted by Crippen LogP contribution is -2.44. The summed E-state index contributed by atoms with van der Waals surface area (Å²) in [5.41, 5.74) is -0.261. The quantitative estimate of drug-likeness (QED) is 0.846. The largest absolute Gasteiger partial charge is 0.480 e. The summed E-state index contributed by atoms with van der Waals surface area (Å²) in [7, 11) is 1.55. The maximum absolute atomic E-state index is 10.4. The van der Waals surface area contributed by atoms with Crippen LogP contribution in [0.3, 0.4) is 0 Å². The molecule has 0 spiro atoms. The van der Waals surface area contributed by atoms with Crippen molar-refractivity contribution in [3.05, 3.63) is 18.1 Å². The van der Waals surface area contributed by atoms with Crippen LogP contribution in [0.25, 0.3) is 0 Å². The van der Waals surface area contributed by atoms with E-state index < -0.39 is 5.60 Å². The minimum atomic E-state index is -0.839. The number of aromatic nitrogens is 2. The molecule has 0 bridgehead atoms. The van der Waals surface area contributed by atoms with E-state index in [0.717, 1.165) is 12.8 Å². The Kier molecular flexibility index (Phi) is 2.84. The van der Waals surface area contributed by atoms with Crippen LogP contribution in [0.1, 0.15) is 32.4 Å². The second-order valence-electron chi connectivity index (χ2n) is 4.86. The Morgan fingerprint density at radius 3 is 2.56 bits per heavy atom. The van der Waals surface area contributed by atoms with Crippen LogP contribution in [0.2, 0.25) is 0 Å². The standard InChI is InChI=1S/C12H18N2O2/c1-8(2)9-6-12(15,7-9)10-11(16-3)14-5-4-13-10/h4-5,8-9,15H,6-7H2,1-3H3. The molecule has 4 nitrogen and oxygen atoms in total. The first-order chi connectivity index (χ1) is 7.57. The topological polar surface area (TPSA) is 55.2 Å². The van der Waals surface area contributed by atoms with Crippen LogP contribution in [0.5, 0.6) is 5.88 Å². The second-order valence-corrected chi connectivity index (χ2v) is 4.86. The summed E-state index contributed by atoms with van der Waals surface area (Å²) in [5.74, 6) is 1.60. The normalized spacial score (nSPS) is 28.9.